The summed E-state index contributed by atoms with van der Waals surface area (Å²) in [4.78, 5) is 13.9. The minimum absolute atomic E-state index is 0.0808. The Morgan fingerprint density at radius 2 is 2.05 bits per heavy atom. The minimum atomic E-state index is -0.300. The molecule has 1 fully saturated rings. The molecular formula is C16H22FNO2. The summed E-state index contributed by atoms with van der Waals surface area (Å²) in [5.41, 5.74) is 0.597. The standard InChI is InChI=1S/C16H22FNO2/c1-12(19)13-8-10-18(11-9-13)16(20)7-6-14-4-2-3-5-15(14)17/h2-5,12-13,19H,6-11H2,1H3. The number of likely N-dealkylation sites (tertiary alicyclic amines) is 1. The van der Waals surface area contributed by atoms with Crippen molar-refractivity contribution in [2.75, 3.05) is 13.1 Å². The molecule has 0 bridgehead atoms. The van der Waals surface area contributed by atoms with Crippen LogP contribution in [0, 0.1) is 11.7 Å². The Kier molecular flexibility index (Phi) is 5.12. The zero-order valence-electron chi connectivity index (χ0n) is 11.9. The molecule has 1 saturated heterocycles. The number of halogens is 1. The van der Waals surface area contributed by atoms with Gasteiger partial charge in [0.25, 0.3) is 0 Å². The van der Waals surface area contributed by atoms with Crippen molar-refractivity contribution in [2.24, 2.45) is 5.92 Å². The van der Waals surface area contributed by atoms with Gasteiger partial charge in [0.1, 0.15) is 5.82 Å². The summed E-state index contributed by atoms with van der Waals surface area (Å²) < 4.78 is 13.5. The second-order valence-electron chi connectivity index (χ2n) is 5.55. The number of aliphatic hydroxyl groups is 1. The number of benzene rings is 1. The van der Waals surface area contributed by atoms with Gasteiger partial charge in [-0.3, -0.25) is 4.79 Å². The fraction of sp³-hybridized carbons (Fsp3) is 0.562. The molecule has 2 rings (SSSR count). The Bertz CT molecular complexity index is 454. The van der Waals surface area contributed by atoms with E-state index in [-0.39, 0.29) is 17.8 Å². The molecule has 1 amide bonds. The first-order valence-corrected chi connectivity index (χ1v) is 7.27. The predicted molar refractivity (Wildman–Crippen MR) is 75.7 cm³/mol. The molecule has 1 unspecified atom stereocenters. The van der Waals surface area contributed by atoms with E-state index in [4.69, 9.17) is 0 Å². The predicted octanol–water partition coefficient (Wildman–Crippen LogP) is 2.38. The van der Waals surface area contributed by atoms with Crippen LogP contribution in [0.25, 0.3) is 0 Å². The Balaban J connectivity index is 1.80. The number of aliphatic hydroxyl groups excluding tert-OH is 1. The van der Waals surface area contributed by atoms with Gasteiger partial charge in [0, 0.05) is 19.5 Å². The van der Waals surface area contributed by atoms with Crippen LogP contribution < -0.4 is 0 Å². The molecule has 1 atom stereocenters. The van der Waals surface area contributed by atoms with Crippen LogP contribution in [0.1, 0.15) is 31.7 Å². The monoisotopic (exact) mass is 279 g/mol. The maximum atomic E-state index is 13.5. The lowest BCUT2D eigenvalue weighted by Crippen LogP contribution is -2.40. The molecule has 1 aromatic carbocycles. The largest absolute Gasteiger partial charge is 0.393 e. The van der Waals surface area contributed by atoms with Crippen LogP contribution >= 0.6 is 0 Å². The molecule has 0 radical (unpaired) electrons. The van der Waals surface area contributed by atoms with Gasteiger partial charge in [-0.05, 0) is 43.7 Å². The van der Waals surface area contributed by atoms with Gasteiger partial charge in [-0.25, -0.2) is 4.39 Å². The van der Waals surface area contributed by atoms with E-state index in [2.05, 4.69) is 0 Å². The topological polar surface area (TPSA) is 40.5 Å². The van der Waals surface area contributed by atoms with Crippen molar-refractivity contribution in [3.8, 4) is 0 Å². The van der Waals surface area contributed by atoms with Crippen molar-refractivity contribution in [3.63, 3.8) is 0 Å². The van der Waals surface area contributed by atoms with Crippen LogP contribution in [0.5, 0.6) is 0 Å². The number of carbonyl (C=O) groups is 1. The Morgan fingerprint density at radius 1 is 1.40 bits per heavy atom. The number of piperidine rings is 1. The summed E-state index contributed by atoms with van der Waals surface area (Å²) in [7, 11) is 0. The van der Waals surface area contributed by atoms with Crippen LogP contribution in [0.4, 0.5) is 4.39 Å². The number of carbonyl (C=O) groups excluding carboxylic acids is 1. The van der Waals surface area contributed by atoms with Gasteiger partial charge in [-0.15, -0.1) is 0 Å². The van der Waals surface area contributed by atoms with Crippen LogP contribution in [-0.2, 0) is 11.2 Å². The second-order valence-corrected chi connectivity index (χ2v) is 5.55. The summed E-state index contributed by atoms with van der Waals surface area (Å²) in [6.07, 6.45) is 2.19. The van der Waals surface area contributed by atoms with Crippen LogP contribution in [0.3, 0.4) is 0 Å². The fourth-order valence-corrected chi connectivity index (χ4v) is 2.73. The highest BCUT2D eigenvalue weighted by molar-refractivity contribution is 5.76. The lowest BCUT2D eigenvalue weighted by atomic mass is 9.92. The highest BCUT2D eigenvalue weighted by Gasteiger charge is 2.25. The molecule has 4 heteroatoms. The van der Waals surface area contributed by atoms with Crippen LogP contribution in [0.15, 0.2) is 24.3 Å². The highest BCUT2D eigenvalue weighted by atomic mass is 19.1. The van der Waals surface area contributed by atoms with Gasteiger partial charge < -0.3 is 10.0 Å². The molecule has 20 heavy (non-hydrogen) atoms. The van der Waals surface area contributed by atoms with Gasteiger partial charge >= 0.3 is 0 Å². The Labute approximate surface area is 119 Å². The molecule has 0 aromatic heterocycles. The lowest BCUT2D eigenvalue weighted by Gasteiger charge is -2.33. The van der Waals surface area contributed by atoms with E-state index in [0.29, 0.717) is 37.4 Å². The van der Waals surface area contributed by atoms with Crippen LogP contribution in [-0.4, -0.2) is 35.1 Å². The molecule has 1 heterocycles. The summed E-state index contributed by atoms with van der Waals surface area (Å²) in [5, 5.41) is 9.54. The molecule has 110 valence electrons. The minimum Gasteiger partial charge on any atom is -0.393 e. The molecule has 1 N–H and O–H groups in total. The van der Waals surface area contributed by atoms with Crippen molar-refractivity contribution in [1.29, 1.82) is 0 Å². The molecule has 3 nitrogen and oxygen atoms in total. The smallest absolute Gasteiger partial charge is 0.222 e. The van der Waals surface area contributed by atoms with Gasteiger partial charge in [0.05, 0.1) is 6.10 Å². The third-order valence-electron chi connectivity index (χ3n) is 4.14. The van der Waals surface area contributed by atoms with Crippen molar-refractivity contribution in [3.05, 3.63) is 35.6 Å². The average molecular weight is 279 g/mol. The van der Waals surface area contributed by atoms with E-state index in [9.17, 15) is 14.3 Å². The van der Waals surface area contributed by atoms with Gasteiger partial charge in [-0.1, -0.05) is 18.2 Å². The SMILES string of the molecule is CC(O)C1CCN(C(=O)CCc2ccccc2F)CC1. The van der Waals surface area contributed by atoms with Gasteiger partial charge in [0.15, 0.2) is 0 Å². The van der Waals surface area contributed by atoms with Crippen LogP contribution in [0.2, 0.25) is 0 Å². The average Bonchev–Trinajstić information content (AvgIpc) is 2.46. The Morgan fingerprint density at radius 3 is 2.65 bits per heavy atom. The second kappa shape index (κ2) is 6.84. The molecule has 1 aliphatic heterocycles. The normalized spacial score (nSPS) is 18.1. The third kappa shape index (κ3) is 3.79. The maximum Gasteiger partial charge on any atom is 0.222 e. The zero-order valence-corrected chi connectivity index (χ0v) is 11.9. The summed E-state index contributed by atoms with van der Waals surface area (Å²) in [5.74, 6) is 0.135. The van der Waals surface area contributed by atoms with E-state index in [1.807, 2.05) is 4.90 Å². The first-order chi connectivity index (χ1) is 9.58. The van der Waals surface area contributed by atoms with Gasteiger partial charge in [0.2, 0.25) is 5.91 Å². The van der Waals surface area contributed by atoms with E-state index in [0.717, 1.165) is 12.8 Å². The van der Waals surface area contributed by atoms with E-state index in [1.54, 1.807) is 25.1 Å². The number of hydrogen-bond donors (Lipinski definition) is 1. The Hall–Kier alpha value is -1.42. The third-order valence-corrected chi connectivity index (χ3v) is 4.14. The van der Waals surface area contributed by atoms with Crippen molar-refractivity contribution < 1.29 is 14.3 Å². The van der Waals surface area contributed by atoms with Gasteiger partial charge in [-0.2, -0.15) is 0 Å². The van der Waals surface area contributed by atoms with Crippen molar-refractivity contribution in [1.82, 2.24) is 4.90 Å². The van der Waals surface area contributed by atoms with E-state index < -0.39 is 0 Å². The number of amides is 1. The lowest BCUT2D eigenvalue weighted by molar-refractivity contribution is -0.133. The van der Waals surface area contributed by atoms with Crippen molar-refractivity contribution >= 4 is 5.91 Å². The number of nitrogens with zero attached hydrogens (tertiary/aromatic N) is 1. The molecular weight excluding hydrogens is 257 g/mol. The summed E-state index contributed by atoms with van der Waals surface area (Å²) in [6, 6.07) is 6.59. The number of rotatable bonds is 4. The fourth-order valence-electron chi connectivity index (χ4n) is 2.73. The quantitative estimate of drug-likeness (QED) is 0.919. The molecule has 1 aromatic rings. The molecule has 0 saturated carbocycles. The summed E-state index contributed by atoms with van der Waals surface area (Å²) >= 11 is 0. The first kappa shape index (κ1) is 15.0. The van der Waals surface area contributed by atoms with Crippen molar-refractivity contribution in [2.45, 2.75) is 38.7 Å². The molecule has 0 aliphatic carbocycles. The van der Waals surface area contributed by atoms with E-state index in [1.165, 1.54) is 6.07 Å². The number of hydrogen-bond acceptors (Lipinski definition) is 2. The summed E-state index contributed by atoms with van der Waals surface area (Å²) in [6.45, 7) is 3.21. The highest BCUT2D eigenvalue weighted by Crippen LogP contribution is 2.21. The number of aryl methyl sites for hydroxylation is 1. The molecule has 0 spiro atoms. The first-order valence-electron chi connectivity index (χ1n) is 7.27. The van der Waals surface area contributed by atoms with E-state index >= 15 is 0 Å². The molecule has 1 aliphatic rings. The maximum absolute atomic E-state index is 13.5. The zero-order chi connectivity index (χ0) is 14.5.